The maximum Gasteiger partial charge on any atom is 0.338 e. The van der Waals surface area contributed by atoms with Crippen molar-refractivity contribution >= 4 is 24.8 Å². The normalized spacial score (nSPS) is 9.13. The average Bonchev–Trinajstić information content (AvgIpc) is 3.04. The highest BCUT2D eigenvalue weighted by Gasteiger charge is 2.11. The molecule has 0 aromatic heterocycles. The Morgan fingerprint density at radius 1 is 0.711 bits per heavy atom. The van der Waals surface area contributed by atoms with E-state index in [0.29, 0.717) is 41.1 Å². The summed E-state index contributed by atoms with van der Waals surface area (Å²) >= 11 is 0. The van der Waals surface area contributed by atoms with E-state index in [0.717, 1.165) is 41.3 Å². The first kappa shape index (κ1) is 39.7. The van der Waals surface area contributed by atoms with Gasteiger partial charge < -0.3 is 23.7 Å². The van der Waals surface area contributed by atoms with E-state index >= 15 is 0 Å². The molecule has 0 aliphatic heterocycles. The average molecular weight is 621 g/mol. The van der Waals surface area contributed by atoms with Gasteiger partial charge in [-0.3, -0.25) is 9.59 Å². The Bertz CT molecular complexity index is 1420. The number of esters is 1. The molecule has 8 nitrogen and oxygen atoms in total. The van der Waals surface area contributed by atoms with E-state index in [9.17, 15) is 23.6 Å². The van der Waals surface area contributed by atoms with Gasteiger partial charge in [-0.1, -0.05) is 44.0 Å². The summed E-state index contributed by atoms with van der Waals surface area (Å²) in [6.07, 6.45) is 3.33. The number of allylic oxidation sites excluding steroid dienone is 2. The number of ether oxygens (including phenoxy) is 4. The van der Waals surface area contributed by atoms with Crippen LogP contribution in [0.15, 0.2) is 97.1 Å². The predicted molar refractivity (Wildman–Crippen MR) is 175 cm³/mol. The highest BCUT2D eigenvalue weighted by molar-refractivity contribution is 5.89. The van der Waals surface area contributed by atoms with Crippen LogP contribution in [-0.2, 0) is 25.6 Å². The first-order valence-corrected chi connectivity index (χ1v) is 13.5. The second kappa shape index (κ2) is 22.3. The van der Waals surface area contributed by atoms with Gasteiger partial charge in [0.05, 0.1) is 21.3 Å². The Kier molecular flexibility index (Phi) is 19.6. The number of aryl methyl sites for hydroxylation is 1. The van der Waals surface area contributed by atoms with Gasteiger partial charge in [0.15, 0.2) is 23.1 Å². The molecule has 0 N–H and O–H groups in total. The number of carbonyl (C=O) groups is 4. The molecule has 3 aromatic carbocycles. The summed E-state index contributed by atoms with van der Waals surface area (Å²) in [5.74, 6) is 0.986. The highest BCUT2D eigenvalue weighted by Crippen LogP contribution is 2.29. The molecule has 45 heavy (non-hydrogen) atoms. The zero-order valence-electron chi connectivity index (χ0n) is 26.7. The second-order valence-electron chi connectivity index (χ2n) is 9.37. The number of rotatable bonds is 11. The van der Waals surface area contributed by atoms with Crippen LogP contribution in [0.4, 0.5) is 4.39 Å². The van der Waals surface area contributed by atoms with Gasteiger partial charge in [-0.25, -0.2) is 9.18 Å². The topological polar surface area (TPSA) is 105 Å². The summed E-state index contributed by atoms with van der Waals surface area (Å²) < 4.78 is 33.8. The highest BCUT2D eigenvalue weighted by atomic mass is 19.1. The van der Waals surface area contributed by atoms with Crippen molar-refractivity contribution in [2.75, 3.05) is 21.3 Å². The van der Waals surface area contributed by atoms with Gasteiger partial charge >= 0.3 is 5.97 Å². The zero-order valence-corrected chi connectivity index (χ0v) is 26.7. The lowest BCUT2D eigenvalue weighted by Crippen LogP contribution is -2.09. The molecular weight excluding hydrogens is 579 g/mol. The minimum Gasteiger partial charge on any atom is -0.497 e. The Morgan fingerprint density at radius 2 is 1.22 bits per heavy atom. The lowest BCUT2D eigenvalue weighted by molar-refractivity contribution is -0.130. The van der Waals surface area contributed by atoms with Gasteiger partial charge in [-0.15, -0.1) is 0 Å². The van der Waals surface area contributed by atoms with Crippen LogP contribution in [-0.4, -0.2) is 46.2 Å². The fourth-order valence-corrected chi connectivity index (χ4v) is 3.00. The number of aldehydes is 3. The molecule has 0 unspecified atom stereocenters. The van der Waals surface area contributed by atoms with E-state index in [2.05, 4.69) is 19.7 Å². The van der Waals surface area contributed by atoms with Crippen LogP contribution in [0.5, 0.6) is 23.0 Å². The van der Waals surface area contributed by atoms with Crippen molar-refractivity contribution < 1.29 is 42.5 Å². The largest absolute Gasteiger partial charge is 0.497 e. The molecular formula is C36H41FO8. The number of benzene rings is 3. The molecule has 0 atom stereocenters. The van der Waals surface area contributed by atoms with Gasteiger partial charge in [-0.05, 0) is 91.4 Å². The molecule has 0 fully saturated rings. The van der Waals surface area contributed by atoms with Crippen molar-refractivity contribution in [1.82, 2.24) is 0 Å². The summed E-state index contributed by atoms with van der Waals surface area (Å²) in [4.78, 5) is 40.6. The van der Waals surface area contributed by atoms with E-state index in [1.807, 2.05) is 36.4 Å². The Hall–Kier alpha value is -5.31. The summed E-state index contributed by atoms with van der Waals surface area (Å²) in [5, 5.41) is 0. The van der Waals surface area contributed by atoms with E-state index in [-0.39, 0.29) is 11.6 Å². The van der Waals surface area contributed by atoms with Crippen molar-refractivity contribution in [1.29, 1.82) is 0 Å². The number of methoxy groups -OCH3 is 3. The molecule has 9 heteroatoms. The van der Waals surface area contributed by atoms with Gasteiger partial charge in [-0.2, -0.15) is 0 Å². The quantitative estimate of drug-likeness (QED) is 0.0949. The number of hydrogen-bond acceptors (Lipinski definition) is 8. The van der Waals surface area contributed by atoms with Gasteiger partial charge in [0, 0.05) is 12.0 Å². The third-order valence-corrected chi connectivity index (χ3v) is 5.31. The molecule has 0 radical (unpaired) electrons. The third kappa shape index (κ3) is 16.2. The molecule has 3 rings (SSSR count). The molecule has 0 aliphatic carbocycles. The van der Waals surface area contributed by atoms with E-state index in [4.69, 9.17) is 18.9 Å². The van der Waals surface area contributed by atoms with E-state index in [1.165, 1.54) is 20.3 Å². The molecule has 0 bridgehead atoms. The molecule has 3 aromatic rings. The first-order valence-electron chi connectivity index (χ1n) is 13.5. The van der Waals surface area contributed by atoms with Crippen molar-refractivity contribution in [3.63, 3.8) is 0 Å². The molecule has 0 amide bonds. The molecule has 0 heterocycles. The minimum absolute atomic E-state index is 0.252. The van der Waals surface area contributed by atoms with Crippen molar-refractivity contribution in [3.05, 3.63) is 109 Å². The van der Waals surface area contributed by atoms with Crippen LogP contribution >= 0.6 is 0 Å². The Balaban J connectivity index is 0.000000664. The van der Waals surface area contributed by atoms with Crippen LogP contribution in [0.1, 0.15) is 32.8 Å². The smallest absolute Gasteiger partial charge is 0.338 e. The van der Waals surface area contributed by atoms with Crippen LogP contribution in [0, 0.1) is 5.82 Å². The van der Waals surface area contributed by atoms with Crippen molar-refractivity contribution in [2.45, 2.75) is 33.6 Å². The number of hydrogen-bond donors (Lipinski definition) is 0. The fourth-order valence-electron chi connectivity index (χ4n) is 3.00. The van der Waals surface area contributed by atoms with Gasteiger partial charge in [0.25, 0.3) is 0 Å². The lowest BCUT2D eigenvalue weighted by Gasteiger charge is -2.10. The number of halogens is 1. The molecule has 0 aliphatic rings. The minimum atomic E-state index is -0.499. The molecule has 0 saturated carbocycles. The van der Waals surface area contributed by atoms with Crippen molar-refractivity contribution in [2.24, 2.45) is 0 Å². The lowest BCUT2D eigenvalue weighted by atomic mass is 10.1. The fraction of sp³-hybridized carbons (Fsp3) is 0.222. The van der Waals surface area contributed by atoms with E-state index in [1.54, 1.807) is 46.1 Å². The predicted octanol–water partition coefficient (Wildman–Crippen LogP) is 7.34. The third-order valence-electron chi connectivity index (χ3n) is 5.31. The monoisotopic (exact) mass is 620 g/mol. The standard InChI is InChI=1S/C14H13FO2.C14H16O4.2C4H6O/c1-16-12-6-3-10(4-7-12)11-5-8-14(17-2)13(15)9-11;1-10(2)14(16)18-13-9-11(5-4-8-15)6-7-12(13)17-3;2*1-4(2)3-5/h3-9H,1-2H3;6-9H,1,4-5H2,2-3H3;2*3H,1H2,2H3. The summed E-state index contributed by atoms with van der Waals surface area (Å²) in [6.45, 7) is 15.0. The van der Waals surface area contributed by atoms with Crippen LogP contribution in [0.3, 0.4) is 0 Å². The Labute approximate surface area is 264 Å². The van der Waals surface area contributed by atoms with E-state index < -0.39 is 5.97 Å². The van der Waals surface area contributed by atoms with Crippen molar-refractivity contribution in [3.8, 4) is 34.1 Å². The SMILES string of the molecule is C=C(C)C(=O)Oc1cc(CCC=O)ccc1OC.C=C(C)C=O.C=C(C)C=O.COc1ccc(-c2ccc(OC)c(F)c2)cc1. The van der Waals surface area contributed by atoms with Crippen LogP contribution < -0.4 is 18.9 Å². The molecule has 0 spiro atoms. The molecule has 0 saturated heterocycles. The summed E-state index contributed by atoms with van der Waals surface area (Å²) in [7, 11) is 4.56. The maximum absolute atomic E-state index is 13.5. The van der Waals surface area contributed by atoms with Gasteiger partial charge in [0.1, 0.15) is 24.6 Å². The maximum atomic E-state index is 13.5. The second-order valence-corrected chi connectivity index (χ2v) is 9.37. The zero-order chi connectivity index (χ0) is 34.4. The van der Waals surface area contributed by atoms with Crippen LogP contribution in [0.2, 0.25) is 0 Å². The molecule has 240 valence electrons. The first-order chi connectivity index (χ1) is 21.4. The Morgan fingerprint density at radius 3 is 1.64 bits per heavy atom. The van der Waals surface area contributed by atoms with Crippen LogP contribution in [0.25, 0.3) is 11.1 Å². The summed E-state index contributed by atoms with van der Waals surface area (Å²) in [5.41, 5.74) is 4.12. The summed E-state index contributed by atoms with van der Waals surface area (Å²) in [6, 6.07) is 17.6. The van der Waals surface area contributed by atoms with Gasteiger partial charge in [0.2, 0.25) is 0 Å². The number of carbonyl (C=O) groups excluding carboxylic acids is 4.